The summed E-state index contributed by atoms with van der Waals surface area (Å²) in [5.74, 6) is 0.881. The van der Waals surface area contributed by atoms with Gasteiger partial charge in [0.25, 0.3) is 0 Å². The number of esters is 4. The van der Waals surface area contributed by atoms with Gasteiger partial charge in [-0.2, -0.15) is 0 Å². The number of carbonyl (C=O) groups is 4. The first-order valence-electron chi connectivity index (χ1n) is 35.8. The van der Waals surface area contributed by atoms with Crippen LogP contribution in [0.3, 0.4) is 0 Å². The van der Waals surface area contributed by atoms with E-state index in [0.29, 0.717) is 25.7 Å². The van der Waals surface area contributed by atoms with Gasteiger partial charge in [0, 0.05) is 25.7 Å². The highest BCUT2D eigenvalue weighted by molar-refractivity contribution is 7.47. The molecule has 0 saturated heterocycles. The zero-order valence-electron chi connectivity index (χ0n) is 57.3. The molecule has 19 heteroatoms. The molecule has 0 saturated carbocycles. The van der Waals surface area contributed by atoms with Crippen LogP contribution in [0, 0.1) is 23.7 Å². The van der Waals surface area contributed by atoms with Crippen molar-refractivity contribution in [2.75, 3.05) is 39.6 Å². The normalized spacial score (nSPS) is 15.2. The van der Waals surface area contributed by atoms with Crippen molar-refractivity contribution in [2.45, 2.75) is 356 Å². The van der Waals surface area contributed by atoms with Gasteiger partial charge in [-0.15, -0.1) is 0 Å². The fraction of sp³-hybridized carbons (Fsp3) is 0.942. The molecule has 0 aromatic heterocycles. The standard InChI is InChI=1S/C69H134O17P2/c1-9-60(6)46-38-30-22-19-20-23-33-41-49-66(71)79-55-64(85-68(73)51-43-35-24-18-16-14-12-13-15-17-21-29-37-45-59(4)5)57-83-87(75,76)81-53-63(70)54-82-88(77,78)84-58-65(86-69(74)52-44-36-28-26-32-40-48-62(8)11-3)56-80-67(72)50-42-34-27-25-31-39-47-61(7)10-2/h59-65,70H,9-58H2,1-8H3,(H,75,76)(H,77,78)/t60?,61?,62?,63-,64-,65-/m1/s1. The van der Waals surface area contributed by atoms with Crippen LogP contribution >= 0.6 is 15.6 Å². The van der Waals surface area contributed by atoms with Crippen molar-refractivity contribution < 1.29 is 80.2 Å². The summed E-state index contributed by atoms with van der Waals surface area (Å²) >= 11 is 0. The smallest absolute Gasteiger partial charge is 0.462 e. The van der Waals surface area contributed by atoms with Crippen molar-refractivity contribution in [2.24, 2.45) is 23.7 Å². The maximum atomic E-state index is 13.0. The van der Waals surface area contributed by atoms with E-state index in [0.717, 1.165) is 120 Å². The molecule has 0 aliphatic carbocycles. The summed E-state index contributed by atoms with van der Waals surface area (Å²) in [6.07, 6.45) is 40.3. The third-order valence-electron chi connectivity index (χ3n) is 16.9. The van der Waals surface area contributed by atoms with Crippen LogP contribution in [0.1, 0.15) is 338 Å². The lowest BCUT2D eigenvalue weighted by Crippen LogP contribution is -2.30. The maximum absolute atomic E-state index is 13.0. The first kappa shape index (κ1) is 86.1. The number of rotatable bonds is 66. The lowest BCUT2D eigenvalue weighted by Gasteiger charge is -2.21. The minimum atomic E-state index is -4.95. The van der Waals surface area contributed by atoms with Crippen LogP contribution < -0.4 is 0 Å². The van der Waals surface area contributed by atoms with Crippen molar-refractivity contribution >= 4 is 39.5 Å². The average Bonchev–Trinajstić information content (AvgIpc) is 3.71. The summed E-state index contributed by atoms with van der Waals surface area (Å²) in [5.41, 5.74) is 0. The van der Waals surface area contributed by atoms with E-state index in [1.807, 2.05) is 0 Å². The van der Waals surface area contributed by atoms with E-state index in [2.05, 4.69) is 55.4 Å². The van der Waals surface area contributed by atoms with Crippen molar-refractivity contribution in [3.05, 3.63) is 0 Å². The summed E-state index contributed by atoms with van der Waals surface area (Å²) in [5, 5.41) is 10.6. The summed E-state index contributed by atoms with van der Waals surface area (Å²) in [7, 11) is -9.90. The van der Waals surface area contributed by atoms with Gasteiger partial charge < -0.3 is 33.8 Å². The average molecular weight is 1300 g/mol. The van der Waals surface area contributed by atoms with Crippen LogP contribution in [0.25, 0.3) is 0 Å². The van der Waals surface area contributed by atoms with E-state index in [9.17, 15) is 43.2 Å². The van der Waals surface area contributed by atoms with Crippen LogP contribution in [-0.2, 0) is 65.4 Å². The van der Waals surface area contributed by atoms with Crippen LogP contribution in [0.4, 0.5) is 0 Å². The second-order valence-electron chi connectivity index (χ2n) is 26.1. The number of aliphatic hydroxyl groups is 1. The SMILES string of the molecule is CCC(C)CCCCCCCCCCC(=O)OC[C@H](COP(=O)(O)OC[C@@H](O)COP(=O)(O)OC[C@@H](COC(=O)CCCCCCCCC(C)CC)OC(=O)CCCCCCCCC(C)CC)OC(=O)CCCCCCCCCCCCCCCC(C)C. The molecule has 0 aromatic rings. The number of carbonyl (C=O) groups excluding carboxylic acids is 4. The third-order valence-corrected chi connectivity index (χ3v) is 18.8. The molecule has 0 aliphatic rings. The van der Waals surface area contributed by atoms with Gasteiger partial charge in [-0.05, 0) is 49.4 Å². The Balaban J connectivity index is 5.26. The first-order chi connectivity index (χ1) is 42.2. The van der Waals surface area contributed by atoms with Crippen molar-refractivity contribution in [3.8, 4) is 0 Å². The van der Waals surface area contributed by atoms with E-state index in [-0.39, 0.29) is 25.7 Å². The number of hydrogen-bond donors (Lipinski definition) is 3. The highest BCUT2D eigenvalue weighted by atomic mass is 31.2. The lowest BCUT2D eigenvalue weighted by atomic mass is 9.99. The molecule has 0 amide bonds. The molecule has 88 heavy (non-hydrogen) atoms. The van der Waals surface area contributed by atoms with E-state index in [1.54, 1.807) is 0 Å². The lowest BCUT2D eigenvalue weighted by molar-refractivity contribution is -0.161. The van der Waals surface area contributed by atoms with Crippen LogP contribution in [0.2, 0.25) is 0 Å². The van der Waals surface area contributed by atoms with Gasteiger partial charge in [0.05, 0.1) is 26.4 Å². The minimum Gasteiger partial charge on any atom is -0.462 e. The van der Waals surface area contributed by atoms with Gasteiger partial charge in [-0.3, -0.25) is 37.3 Å². The summed E-state index contributed by atoms with van der Waals surface area (Å²) in [6.45, 7) is 14.1. The zero-order valence-corrected chi connectivity index (χ0v) is 59.1. The minimum absolute atomic E-state index is 0.102. The second-order valence-corrected chi connectivity index (χ2v) is 29.0. The molecule has 3 N–H and O–H groups in total. The van der Waals surface area contributed by atoms with Crippen LogP contribution in [-0.4, -0.2) is 96.7 Å². The van der Waals surface area contributed by atoms with Gasteiger partial charge in [-0.25, -0.2) is 9.13 Å². The van der Waals surface area contributed by atoms with Crippen LogP contribution in [0.5, 0.6) is 0 Å². The Bertz CT molecular complexity index is 1750. The van der Waals surface area contributed by atoms with Gasteiger partial charge in [0.2, 0.25) is 0 Å². The fourth-order valence-corrected chi connectivity index (χ4v) is 11.8. The molecule has 522 valence electrons. The van der Waals surface area contributed by atoms with E-state index in [4.69, 9.17) is 37.0 Å². The Kier molecular flexibility index (Phi) is 57.6. The van der Waals surface area contributed by atoms with E-state index in [1.165, 1.54) is 135 Å². The summed E-state index contributed by atoms with van der Waals surface area (Å²) in [6, 6.07) is 0. The predicted octanol–water partition coefficient (Wildman–Crippen LogP) is 19.3. The number of phosphoric acid groups is 2. The summed E-state index contributed by atoms with van der Waals surface area (Å²) < 4.78 is 68.2. The molecule has 5 unspecified atom stereocenters. The first-order valence-corrected chi connectivity index (χ1v) is 38.8. The molecule has 0 aliphatic heterocycles. The highest BCUT2D eigenvalue weighted by Gasteiger charge is 2.30. The number of unbranched alkanes of at least 4 members (excludes halogenated alkanes) is 29. The molecule has 0 radical (unpaired) electrons. The molecule has 0 spiro atoms. The third kappa shape index (κ3) is 59.1. The van der Waals surface area contributed by atoms with E-state index < -0.39 is 97.5 Å². The molecule has 8 atom stereocenters. The molecular formula is C69H134O17P2. The fourth-order valence-electron chi connectivity index (χ4n) is 10.2. The Morgan fingerprint density at radius 2 is 0.545 bits per heavy atom. The second kappa shape index (κ2) is 58.8. The molecular weight excluding hydrogens is 1160 g/mol. The Labute approximate surface area is 537 Å². The zero-order chi connectivity index (χ0) is 65.4. The van der Waals surface area contributed by atoms with Crippen molar-refractivity contribution in [3.63, 3.8) is 0 Å². The molecule has 0 fully saturated rings. The van der Waals surface area contributed by atoms with Crippen molar-refractivity contribution in [1.29, 1.82) is 0 Å². The monoisotopic (exact) mass is 1300 g/mol. The Morgan fingerprint density at radius 3 is 0.807 bits per heavy atom. The molecule has 0 aromatic carbocycles. The molecule has 0 bridgehead atoms. The number of hydrogen-bond acceptors (Lipinski definition) is 15. The van der Waals surface area contributed by atoms with Gasteiger partial charge >= 0.3 is 39.5 Å². The molecule has 17 nitrogen and oxygen atoms in total. The quantitative estimate of drug-likeness (QED) is 0.0222. The van der Waals surface area contributed by atoms with Gasteiger partial charge in [0.1, 0.15) is 19.3 Å². The number of phosphoric ester groups is 2. The van der Waals surface area contributed by atoms with Crippen LogP contribution in [0.15, 0.2) is 0 Å². The molecule has 0 rings (SSSR count). The largest absolute Gasteiger partial charge is 0.472 e. The van der Waals surface area contributed by atoms with Gasteiger partial charge in [0.15, 0.2) is 12.2 Å². The molecule has 0 heterocycles. The highest BCUT2D eigenvalue weighted by Crippen LogP contribution is 2.45. The Hall–Kier alpha value is -1.94. The number of aliphatic hydroxyl groups excluding tert-OH is 1. The summed E-state index contributed by atoms with van der Waals surface area (Å²) in [4.78, 5) is 72.5. The topological polar surface area (TPSA) is 237 Å². The predicted molar refractivity (Wildman–Crippen MR) is 354 cm³/mol. The Morgan fingerprint density at radius 1 is 0.318 bits per heavy atom. The van der Waals surface area contributed by atoms with E-state index >= 15 is 0 Å². The van der Waals surface area contributed by atoms with Gasteiger partial charge in [-0.1, -0.05) is 287 Å². The number of ether oxygens (including phenoxy) is 4. The van der Waals surface area contributed by atoms with Crippen molar-refractivity contribution in [1.82, 2.24) is 0 Å². The maximum Gasteiger partial charge on any atom is 0.472 e.